The lowest BCUT2D eigenvalue weighted by molar-refractivity contribution is 0.0601. The number of rotatable bonds is 2. The van der Waals surface area contributed by atoms with Gasteiger partial charge in [0.2, 0.25) is 0 Å². The number of carbonyl (C=O) groups excluding carboxylic acids is 1. The zero-order chi connectivity index (χ0) is 16.5. The Morgan fingerprint density at radius 3 is 2.18 bits per heavy atom. The highest BCUT2D eigenvalue weighted by Gasteiger charge is 2.18. The van der Waals surface area contributed by atoms with Crippen LogP contribution in [0.4, 0.5) is 0 Å². The van der Waals surface area contributed by atoms with Crippen molar-refractivity contribution in [3.05, 3.63) is 57.6 Å². The average molecular weight is 361 g/mol. The smallest absolute Gasteiger partial charge is 0.338 e. The highest BCUT2D eigenvalue weighted by atomic mass is 79.9. The SMILES string of the molecule is COC(=O)c1cc(C)cc(Br)c1-c1ccc(C(C)(C)C)cc1. The Morgan fingerprint density at radius 1 is 1.09 bits per heavy atom. The van der Waals surface area contributed by atoms with E-state index in [4.69, 9.17) is 4.74 Å². The number of hydrogen-bond acceptors (Lipinski definition) is 2. The molecule has 0 radical (unpaired) electrons. The molecule has 0 aromatic heterocycles. The molecule has 3 heteroatoms. The first kappa shape index (κ1) is 16.8. The first-order valence-corrected chi connectivity index (χ1v) is 8.02. The molecule has 0 saturated carbocycles. The van der Waals surface area contributed by atoms with E-state index in [1.807, 2.05) is 19.1 Å². The van der Waals surface area contributed by atoms with Crippen molar-refractivity contribution in [1.82, 2.24) is 0 Å². The molecule has 0 aliphatic rings. The van der Waals surface area contributed by atoms with Crippen LogP contribution in [0.5, 0.6) is 0 Å². The summed E-state index contributed by atoms with van der Waals surface area (Å²) in [5.74, 6) is -0.320. The maximum Gasteiger partial charge on any atom is 0.338 e. The maximum absolute atomic E-state index is 12.1. The second-order valence-corrected chi connectivity index (χ2v) is 7.34. The van der Waals surface area contributed by atoms with Crippen LogP contribution in [0.2, 0.25) is 0 Å². The third kappa shape index (κ3) is 3.41. The van der Waals surface area contributed by atoms with Crippen LogP contribution in [-0.2, 0) is 10.2 Å². The molecule has 2 aromatic rings. The predicted molar refractivity (Wildman–Crippen MR) is 94.4 cm³/mol. The summed E-state index contributed by atoms with van der Waals surface area (Å²) in [5, 5.41) is 0. The van der Waals surface area contributed by atoms with E-state index < -0.39 is 0 Å². The summed E-state index contributed by atoms with van der Waals surface area (Å²) in [7, 11) is 1.41. The Balaban J connectivity index is 2.59. The van der Waals surface area contributed by atoms with Crippen molar-refractivity contribution < 1.29 is 9.53 Å². The predicted octanol–water partition coefficient (Wildman–Crippen LogP) is 5.51. The summed E-state index contributed by atoms with van der Waals surface area (Å²) in [5.41, 5.74) is 4.84. The molecular formula is C19H21BrO2. The number of ether oxygens (including phenoxy) is 1. The number of methoxy groups -OCH3 is 1. The number of aryl methyl sites for hydroxylation is 1. The summed E-state index contributed by atoms with van der Waals surface area (Å²) in [6, 6.07) is 12.2. The van der Waals surface area contributed by atoms with Gasteiger partial charge in [-0.25, -0.2) is 4.79 Å². The Morgan fingerprint density at radius 2 is 1.68 bits per heavy atom. The van der Waals surface area contributed by atoms with E-state index in [0.29, 0.717) is 5.56 Å². The van der Waals surface area contributed by atoms with Crippen LogP contribution < -0.4 is 0 Å². The Labute approximate surface area is 140 Å². The van der Waals surface area contributed by atoms with Crippen LogP contribution >= 0.6 is 15.9 Å². The van der Waals surface area contributed by atoms with Gasteiger partial charge in [0.25, 0.3) is 0 Å². The normalized spacial score (nSPS) is 11.4. The maximum atomic E-state index is 12.1. The minimum Gasteiger partial charge on any atom is -0.465 e. The molecule has 0 fully saturated rings. The number of carbonyl (C=O) groups is 1. The molecule has 0 unspecified atom stereocenters. The van der Waals surface area contributed by atoms with E-state index in [-0.39, 0.29) is 11.4 Å². The first-order valence-electron chi connectivity index (χ1n) is 7.23. The lowest BCUT2D eigenvalue weighted by Crippen LogP contribution is -2.10. The van der Waals surface area contributed by atoms with Crippen LogP contribution in [0.15, 0.2) is 40.9 Å². The molecule has 2 rings (SSSR count). The highest BCUT2D eigenvalue weighted by molar-refractivity contribution is 9.10. The van der Waals surface area contributed by atoms with E-state index >= 15 is 0 Å². The number of benzene rings is 2. The Kier molecular flexibility index (Phi) is 4.76. The molecule has 2 aromatic carbocycles. The van der Waals surface area contributed by atoms with E-state index in [9.17, 15) is 4.79 Å². The molecule has 0 N–H and O–H groups in total. The molecule has 0 atom stereocenters. The van der Waals surface area contributed by atoms with Gasteiger partial charge in [0.15, 0.2) is 0 Å². The minimum absolute atomic E-state index is 0.105. The quantitative estimate of drug-likeness (QED) is 0.660. The summed E-state index contributed by atoms with van der Waals surface area (Å²) in [6.45, 7) is 8.51. The van der Waals surface area contributed by atoms with Crippen LogP contribution in [0.3, 0.4) is 0 Å². The minimum atomic E-state index is -0.320. The third-order valence-corrected chi connectivity index (χ3v) is 4.30. The number of hydrogen-bond donors (Lipinski definition) is 0. The monoisotopic (exact) mass is 360 g/mol. The van der Waals surface area contributed by atoms with Gasteiger partial charge in [0.1, 0.15) is 0 Å². The van der Waals surface area contributed by atoms with E-state index in [0.717, 1.165) is 21.2 Å². The summed E-state index contributed by atoms with van der Waals surface area (Å²) in [4.78, 5) is 12.1. The van der Waals surface area contributed by atoms with E-state index in [2.05, 4.69) is 61.0 Å². The van der Waals surface area contributed by atoms with Gasteiger partial charge in [-0.2, -0.15) is 0 Å². The van der Waals surface area contributed by atoms with Crippen molar-refractivity contribution in [3.63, 3.8) is 0 Å². The van der Waals surface area contributed by atoms with Gasteiger partial charge in [0, 0.05) is 10.0 Å². The van der Waals surface area contributed by atoms with Crippen LogP contribution in [0.25, 0.3) is 11.1 Å². The second kappa shape index (κ2) is 6.25. The topological polar surface area (TPSA) is 26.3 Å². The Bertz CT molecular complexity index is 695. The molecule has 0 bridgehead atoms. The number of halogens is 1. The first-order chi connectivity index (χ1) is 10.2. The molecule has 2 nitrogen and oxygen atoms in total. The largest absolute Gasteiger partial charge is 0.465 e. The fourth-order valence-electron chi connectivity index (χ4n) is 2.44. The molecule has 0 amide bonds. The Hall–Kier alpha value is -1.61. The summed E-state index contributed by atoms with van der Waals surface area (Å²) < 4.78 is 5.83. The molecule has 22 heavy (non-hydrogen) atoms. The van der Waals surface area contributed by atoms with Gasteiger partial charge < -0.3 is 4.74 Å². The van der Waals surface area contributed by atoms with Gasteiger partial charge in [-0.05, 0) is 41.2 Å². The molecule has 0 saturated heterocycles. The van der Waals surface area contributed by atoms with Crippen molar-refractivity contribution in [1.29, 1.82) is 0 Å². The molecule has 0 spiro atoms. The fraction of sp³-hybridized carbons (Fsp3) is 0.316. The summed E-state index contributed by atoms with van der Waals surface area (Å²) in [6.07, 6.45) is 0. The van der Waals surface area contributed by atoms with E-state index in [1.165, 1.54) is 12.7 Å². The molecule has 116 valence electrons. The van der Waals surface area contributed by atoms with Crippen molar-refractivity contribution in [2.24, 2.45) is 0 Å². The van der Waals surface area contributed by atoms with E-state index in [1.54, 1.807) is 0 Å². The van der Waals surface area contributed by atoms with Crippen molar-refractivity contribution >= 4 is 21.9 Å². The molecular weight excluding hydrogens is 340 g/mol. The van der Waals surface area contributed by atoms with Crippen LogP contribution in [-0.4, -0.2) is 13.1 Å². The van der Waals surface area contributed by atoms with Crippen molar-refractivity contribution in [3.8, 4) is 11.1 Å². The van der Waals surface area contributed by atoms with Gasteiger partial charge in [-0.3, -0.25) is 0 Å². The van der Waals surface area contributed by atoms with Crippen LogP contribution in [0, 0.1) is 6.92 Å². The third-order valence-electron chi connectivity index (χ3n) is 3.68. The van der Waals surface area contributed by atoms with Gasteiger partial charge in [-0.15, -0.1) is 0 Å². The van der Waals surface area contributed by atoms with Gasteiger partial charge in [0.05, 0.1) is 12.7 Å². The average Bonchev–Trinajstić information content (AvgIpc) is 2.45. The lowest BCUT2D eigenvalue weighted by Gasteiger charge is -2.20. The van der Waals surface area contributed by atoms with Crippen LogP contribution in [0.1, 0.15) is 42.3 Å². The standard InChI is InChI=1S/C19H21BrO2/c1-12-10-15(18(21)22-5)17(16(20)11-12)13-6-8-14(9-7-13)19(2,3)4/h6-11H,1-5H3. The lowest BCUT2D eigenvalue weighted by atomic mass is 9.86. The zero-order valence-corrected chi connectivity index (χ0v) is 15.2. The highest BCUT2D eigenvalue weighted by Crippen LogP contribution is 2.34. The van der Waals surface area contributed by atoms with Crippen molar-refractivity contribution in [2.45, 2.75) is 33.1 Å². The molecule has 0 aliphatic carbocycles. The molecule has 0 heterocycles. The summed E-state index contributed by atoms with van der Waals surface area (Å²) >= 11 is 3.58. The van der Waals surface area contributed by atoms with Gasteiger partial charge in [-0.1, -0.05) is 61.0 Å². The molecule has 0 aliphatic heterocycles. The zero-order valence-electron chi connectivity index (χ0n) is 13.7. The van der Waals surface area contributed by atoms with Gasteiger partial charge >= 0.3 is 5.97 Å². The second-order valence-electron chi connectivity index (χ2n) is 6.49. The number of esters is 1. The fourth-order valence-corrected chi connectivity index (χ4v) is 3.25. The van der Waals surface area contributed by atoms with Crippen molar-refractivity contribution in [2.75, 3.05) is 7.11 Å².